The van der Waals surface area contributed by atoms with Gasteiger partial charge < -0.3 is 20.3 Å². The van der Waals surface area contributed by atoms with Gasteiger partial charge in [0.1, 0.15) is 11.6 Å². The van der Waals surface area contributed by atoms with Crippen LogP contribution in [0, 0.1) is 0 Å². The van der Waals surface area contributed by atoms with Crippen LogP contribution in [-0.2, 0) is 26.3 Å². The molecule has 0 bridgehead atoms. The molecule has 32 heavy (non-hydrogen) atoms. The zero-order chi connectivity index (χ0) is 22.3. The number of benzene rings is 2. The Morgan fingerprint density at radius 1 is 1.09 bits per heavy atom. The van der Waals surface area contributed by atoms with Crippen molar-refractivity contribution in [3.05, 3.63) is 59.7 Å². The fourth-order valence-electron chi connectivity index (χ4n) is 4.85. The largest absolute Gasteiger partial charge is 0.378 e. The first-order valence-corrected chi connectivity index (χ1v) is 11.0. The van der Waals surface area contributed by atoms with E-state index < -0.39 is 23.5 Å². The number of nitrogens with zero attached hydrogens (tertiary/aromatic N) is 2. The van der Waals surface area contributed by atoms with E-state index >= 15 is 0 Å². The number of morpholine rings is 1. The smallest absolute Gasteiger partial charge is 0.326 e. The number of anilines is 2. The maximum atomic E-state index is 13.4. The van der Waals surface area contributed by atoms with Gasteiger partial charge in [0.2, 0.25) is 5.91 Å². The molecular weight excluding hydrogens is 408 g/mol. The van der Waals surface area contributed by atoms with Gasteiger partial charge in [0.05, 0.1) is 13.2 Å². The summed E-state index contributed by atoms with van der Waals surface area (Å²) < 4.78 is 5.38. The first-order chi connectivity index (χ1) is 15.5. The Kier molecular flexibility index (Phi) is 5.09. The summed E-state index contributed by atoms with van der Waals surface area (Å²) in [5.74, 6) is -0.770. The number of urea groups is 1. The number of carbonyl (C=O) groups excluding carboxylic acids is 3. The SMILES string of the molecule is C[C@H](C(=O)Nc1ccc(N2CCOCC2)cc1)N1C(=O)N[C@@]2(CCc3ccccc32)C1=O. The Morgan fingerprint density at radius 2 is 1.81 bits per heavy atom. The van der Waals surface area contributed by atoms with E-state index in [9.17, 15) is 14.4 Å². The summed E-state index contributed by atoms with van der Waals surface area (Å²) in [5.41, 5.74) is 2.50. The Balaban J connectivity index is 1.29. The molecule has 2 N–H and O–H groups in total. The van der Waals surface area contributed by atoms with Gasteiger partial charge in [0.15, 0.2) is 0 Å². The van der Waals surface area contributed by atoms with E-state index in [0.29, 0.717) is 31.7 Å². The molecule has 4 amide bonds. The van der Waals surface area contributed by atoms with E-state index in [0.717, 1.165) is 34.8 Å². The lowest BCUT2D eigenvalue weighted by atomic mass is 9.91. The topological polar surface area (TPSA) is 91.0 Å². The van der Waals surface area contributed by atoms with E-state index in [4.69, 9.17) is 4.74 Å². The molecule has 5 rings (SSSR count). The molecular formula is C24H26N4O4. The van der Waals surface area contributed by atoms with Crippen LogP contribution in [-0.4, -0.2) is 55.1 Å². The van der Waals surface area contributed by atoms with Crippen molar-refractivity contribution in [2.45, 2.75) is 31.3 Å². The van der Waals surface area contributed by atoms with Gasteiger partial charge in [-0.3, -0.25) is 9.59 Å². The average Bonchev–Trinajstić information content (AvgIpc) is 3.31. The second-order valence-electron chi connectivity index (χ2n) is 8.48. The third kappa shape index (κ3) is 3.31. The highest BCUT2D eigenvalue weighted by atomic mass is 16.5. The van der Waals surface area contributed by atoms with Crippen molar-refractivity contribution in [1.29, 1.82) is 0 Å². The van der Waals surface area contributed by atoms with Gasteiger partial charge in [-0.2, -0.15) is 0 Å². The Labute approximate surface area is 186 Å². The minimum Gasteiger partial charge on any atom is -0.378 e. The van der Waals surface area contributed by atoms with Crippen LogP contribution < -0.4 is 15.5 Å². The Morgan fingerprint density at radius 3 is 2.56 bits per heavy atom. The Hall–Kier alpha value is -3.39. The van der Waals surface area contributed by atoms with Crippen molar-refractivity contribution >= 4 is 29.2 Å². The predicted molar refractivity (Wildman–Crippen MR) is 119 cm³/mol. The summed E-state index contributed by atoms with van der Waals surface area (Å²) in [5, 5.41) is 5.70. The molecule has 2 aromatic carbocycles. The fraction of sp³-hybridized carbons (Fsp3) is 0.375. The van der Waals surface area contributed by atoms with Crippen LogP contribution >= 0.6 is 0 Å². The zero-order valence-corrected chi connectivity index (χ0v) is 18.0. The second kappa shape index (κ2) is 7.94. The van der Waals surface area contributed by atoms with Gasteiger partial charge >= 0.3 is 6.03 Å². The van der Waals surface area contributed by atoms with E-state index in [1.54, 1.807) is 6.92 Å². The lowest BCUT2D eigenvalue weighted by Gasteiger charge is -2.29. The molecule has 8 nitrogen and oxygen atoms in total. The highest BCUT2D eigenvalue weighted by molar-refractivity contribution is 6.11. The van der Waals surface area contributed by atoms with E-state index in [1.165, 1.54) is 0 Å². The minimum absolute atomic E-state index is 0.363. The van der Waals surface area contributed by atoms with E-state index in [-0.39, 0.29) is 5.91 Å². The number of hydrogen-bond acceptors (Lipinski definition) is 5. The van der Waals surface area contributed by atoms with Crippen molar-refractivity contribution in [3.63, 3.8) is 0 Å². The number of imide groups is 1. The molecule has 0 radical (unpaired) electrons. The fourth-order valence-corrected chi connectivity index (χ4v) is 4.85. The molecule has 2 heterocycles. The van der Waals surface area contributed by atoms with Crippen molar-refractivity contribution in [2.24, 2.45) is 0 Å². The number of carbonyl (C=O) groups is 3. The van der Waals surface area contributed by atoms with Gasteiger partial charge in [0, 0.05) is 24.5 Å². The summed E-state index contributed by atoms with van der Waals surface area (Å²) in [6, 6.07) is 13.7. The molecule has 0 saturated carbocycles. The molecule has 2 saturated heterocycles. The highest BCUT2D eigenvalue weighted by Crippen LogP contribution is 2.41. The first kappa shape index (κ1) is 20.5. The molecule has 2 atom stereocenters. The second-order valence-corrected chi connectivity index (χ2v) is 8.48. The van der Waals surface area contributed by atoms with Crippen LogP contribution in [0.25, 0.3) is 0 Å². The van der Waals surface area contributed by atoms with Gasteiger partial charge in [-0.25, -0.2) is 9.69 Å². The molecule has 2 aliphatic heterocycles. The molecule has 166 valence electrons. The van der Waals surface area contributed by atoms with Gasteiger partial charge in [-0.05, 0) is 55.2 Å². The molecule has 1 spiro atoms. The third-order valence-corrected chi connectivity index (χ3v) is 6.65. The van der Waals surface area contributed by atoms with Crippen molar-refractivity contribution in [2.75, 3.05) is 36.5 Å². The maximum Gasteiger partial charge on any atom is 0.326 e. The van der Waals surface area contributed by atoms with Crippen LogP contribution in [0.15, 0.2) is 48.5 Å². The number of nitrogens with one attached hydrogen (secondary N) is 2. The zero-order valence-electron chi connectivity index (χ0n) is 18.0. The number of fused-ring (bicyclic) bond motifs is 2. The van der Waals surface area contributed by atoms with Crippen molar-refractivity contribution in [1.82, 2.24) is 10.2 Å². The van der Waals surface area contributed by atoms with Crippen molar-refractivity contribution in [3.8, 4) is 0 Å². The summed E-state index contributed by atoms with van der Waals surface area (Å²) in [7, 11) is 0. The van der Waals surface area contributed by atoms with Crippen LogP contribution in [0.5, 0.6) is 0 Å². The number of amides is 4. The summed E-state index contributed by atoms with van der Waals surface area (Å²) in [4.78, 5) is 42.3. The standard InChI is InChI=1S/C24H26N4O4/c1-16(21(29)25-18-6-8-19(9-7-18)27-12-14-32-15-13-27)28-22(30)24(26-23(28)31)11-10-17-4-2-3-5-20(17)24/h2-9,16H,10-15H2,1H3,(H,25,29)(H,26,31)/t16-,24-/m1/s1. The molecule has 8 heteroatoms. The maximum absolute atomic E-state index is 13.4. The lowest BCUT2D eigenvalue weighted by Crippen LogP contribution is -2.47. The van der Waals surface area contributed by atoms with Crippen molar-refractivity contribution < 1.29 is 19.1 Å². The van der Waals surface area contributed by atoms with Crippen LogP contribution in [0.4, 0.5) is 16.2 Å². The van der Waals surface area contributed by atoms with Crippen LogP contribution in [0.1, 0.15) is 24.5 Å². The molecule has 0 unspecified atom stereocenters. The number of aryl methyl sites for hydroxylation is 1. The van der Waals surface area contributed by atoms with Gasteiger partial charge in [-0.15, -0.1) is 0 Å². The summed E-state index contributed by atoms with van der Waals surface area (Å²) >= 11 is 0. The van der Waals surface area contributed by atoms with Gasteiger partial charge in [0.25, 0.3) is 5.91 Å². The predicted octanol–water partition coefficient (Wildman–Crippen LogP) is 2.24. The summed E-state index contributed by atoms with van der Waals surface area (Å²) in [6.07, 6.45) is 1.22. The number of hydrogen-bond donors (Lipinski definition) is 2. The molecule has 2 aromatic rings. The normalized spacial score (nSPS) is 23.3. The number of ether oxygens (including phenoxy) is 1. The lowest BCUT2D eigenvalue weighted by molar-refractivity contribution is -0.136. The first-order valence-electron chi connectivity index (χ1n) is 11.0. The van der Waals surface area contributed by atoms with Gasteiger partial charge in [-0.1, -0.05) is 24.3 Å². The summed E-state index contributed by atoms with van der Waals surface area (Å²) in [6.45, 7) is 4.65. The molecule has 3 aliphatic rings. The Bertz CT molecular complexity index is 1060. The molecule has 0 aromatic heterocycles. The molecule has 1 aliphatic carbocycles. The molecule has 2 fully saturated rings. The van der Waals surface area contributed by atoms with E-state index in [2.05, 4.69) is 15.5 Å². The van der Waals surface area contributed by atoms with Crippen LogP contribution in [0.3, 0.4) is 0 Å². The van der Waals surface area contributed by atoms with Crippen LogP contribution in [0.2, 0.25) is 0 Å². The monoisotopic (exact) mass is 434 g/mol. The quantitative estimate of drug-likeness (QED) is 0.721. The van der Waals surface area contributed by atoms with E-state index in [1.807, 2.05) is 48.5 Å². The minimum atomic E-state index is -1.07. The number of rotatable bonds is 4. The third-order valence-electron chi connectivity index (χ3n) is 6.65. The highest BCUT2D eigenvalue weighted by Gasteiger charge is 2.57. The average molecular weight is 434 g/mol.